The molecule has 0 aliphatic heterocycles. The fourth-order valence-corrected chi connectivity index (χ4v) is 13.2. The second-order valence-electron chi connectivity index (χ2n) is 20.9. The molecule has 0 saturated carbocycles. The normalized spacial score (nSPS) is 13.7. The van der Waals surface area contributed by atoms with Gasteiger partial charge in [-0.15, -0.1) is 0 Å². The SMILES string of the molecule is CC1(C)c2ccccc2-c2ccc(N(c3ccc(-c4ccc5c(c4)c4ccc6c(ccn6-c6ccccc6)c4n5-c4ccccc4)cc3)c3ccc4c(c3)C(c3ccccc3)(c3ccccc3)c3ccccc3-4)cc21. The van der Waals surface area contributed by atoms with Crippen molar-refractivity contribution in [1.82, 2.24) is 9.13 Å². The van der Waals surface area contributed by atoms with Crippen molar-refractivity contribution in [2.24, 2.45) is 0 Å². The van der Waals surface area contributed by atoms with Crippen LogP contribution in [0.2, 0.25) is 0 Å². The molecule has 3 heteroatoms. The third-order valence-electron chi connectivity index (χ3n) is 16.6. The van der Waals surface area contributed by atoms with E-state index >= 15 is 0 Å². The Hall–Kier alpha value is -9.44. The Morgan fingerprint density at radius 3 is 1.51 bits per heavy atom. The molecular formula is C72H51N3. The number of para-hydroxylation sites is 2. The van der Waals surface area contributed by atoms with Gasteiger partial charge in [0.2, 0.25) is 0 Å². The number of hydrogen-bond donors (Lipinski definition) is 0. The van der Waals surface area contributed by atoms with Crippen LogP contribution in [0.1, 0.15) is 47.2 Å². The average Bonchev–Trinajstić information content (AvgIpc) is 4.25. The van der Waals surface area contributed by atoms with Gasteiger partial charge in [0.15, 0.2) is 0 Å². The van der Waals surface area contributed by atoms with Crippen LogP contribution in [0, 0.1) is 0 Å². The van der Waals surface area contributed by atoms with E-state index < -0.39 is 5.41 Å². The van der Waals surface area contributed by atoms with Gasteiger partial charge in [-0.25, -0.2) is 0 Å². The molecule has 354 valence electrons. The second kappa shape index (κ2) is 16.5. The maximum absolute atomic E-state index is 2.48. The summed E-state index contributed by atoms with van der Waals surface area (Å²) < 4.78 is 4.74. The monoisotopic (exact) mass is 957 g/mol. The Bertz CT molecular complexity index is 4310. The van der Waals surface area contributed by atoms with Crippen molar-refractivity contribution in [1.29, 1.82) is 0 Å². The van der Waals surface area contributed by atoms with E-state index in [-0.39, 0.29) is 5.41 Å². The van der Waals surface area contributed by atoms with E-state index in [2.05, 4.69) is 301 Å². The highest BCUT2D eigenvalue weighted by Gasteiger charge is 2.46. The van der Waals surface area contributed by atoms with Crippen molar-refractivity contribution >= 4 is 49.8 Å². The fraction of sp³-hybridized carbons (Fsp3) is 0.0556. The molecule has 75 heavy (non-hydrogen) atoms. The van der Waals surface area contributed by atoms with Crippen LogP contribution in [0.15, 0.2) is 273 Å². The number of nitrogens with zero attached hydrogens (tertiary/aromatic N) is 3. The van der Waals surface area contributed by atoms with E-state index in [1.54, 1.807) is 0 Å². The molecule has 2 aliphatic carbocycles. The van der Waals surface area contributed by atoms with E-state index in [0.717, 1.165) is 28.4 Å². The van der Waals surface area contributed by atoms with Crippen LogP contribution in [-0.4, -0.2) is 9.13 Å². The summed E-state index contributed by atoms with van der Waals surface area (Å²) in [6.07, 6.45) is 2.20. The Morgan fingerprint density at radius 1 is 0.333 bits per heavy atom. The molecule has 0 amide bonds. The molecule has 3 nitrogen and oxygen atoms in total. The molecule has 13 aromatic rings. The predicted molar refractivity (Wildman–Crippen MR) is 313 cm³/mol. The summed E-state index contributed by atoms with van der Waals surface area (Å²) in [4.78, 5) is 2.48. The highest BCUT2D eigenvalue weighted by Crippen LogP contribution is 2.58. The zero-order chi connectivity index (χ0) is 49.8. The van der Waals surface area contributed by atoms with Gasteiger partial charge in [-0.3, -0.25) is 0 Å². The smallest absolute Gasteiger partial charge is 0.0714 e. The van der Waals surface area contributed by atoms with Crippen LogP contribution < -0.4 is 4.90 Å². The van der Waals surface area contributed by atoms with E-state index in [4.69, 9.17) is 0 Å². The Morgan fingerprint density at radius 2 is 0.840 bits per heavy atom. The number of anilines is 3. The molecule has 11 aromatic carbocycles. The van der Waals surface area contributed by atoms with Crippen molar-refractivity contribution in [3.63, 3.8) is 0 Å². The first kappa shape index (κ1) is 43.2. The Balaban J connectivity index is 0.902. The molecule has 0 N–H and O–H groups in total. The number of rotatable bonds is 8. The minimum Gasteiger partial charge on any atom is -0.316 e. The first-order chi connectivity index (χ1) is 37.0. The lowest BCUT2D eigenvalue weighted by Crippen LogP contribution is -2.28. The first-order valence-electron chi connectivity index (χ1n) is 26.2. The topological polar surface area (TPSA) is 13.1 Å². The number of benzene rings is 11. The molecule has 0 radical (unpaired) electrons. The van der Waals surface area contributed by atoms with E-state index in [1.807, 2.05) is 0 Å². The molecule has 0 spiro atoms. The molecule has 2 heterocycles. The number of fused-ring (bicyclic) bond motifs is 11. The molecule has 0 bridgehead atoms. The van der Waals surface area contributed by atoms with E-state index in [1.165, 1.54) is 99.5 Å². The van der Waals surface area contributed by atoms with Gasteiger partial charge >= 0.3 is 0 Å². The summed E-state index contributed by atoms with van der Waals surface area (Å²) in [6, 6.07) is 99.1. The minimum absolute atomic E-state index is 0.160. The van der Waals surface area contributed by atoms with Crippen molar-refractivity contribution in [3.8, 4) is 44.8 Å². The highest BCUT2D eigenvalue weighted by molar-refractivity contribution is 6.19. The standard InChI is InChI=1S/C72H51N3/c1-71(2)64-29-17-15-27-57(64)59-38-36-55(46-66(59)71)74(56-37-39-60-58-28-16-18-30-65(58)72(67(60)47-56,50-19-7-3-8-20-50)51-21-9-4-10-22-51)54-34-31-48(32-35-54)49-33-41-69-63(45-49)61-40-42-68-62(43-44-73(68)52-23-11-5-12-24-52)70(61)75(69)53-25-13-6-14-26-53/h3-47H,1-2H3. The van der Waals surface area contributed by atoms with E-state index in [0.29, 0.717) is 0 Å². The lowest BCUT2D eigenvalue weighted by molar-refractivity contribution is 0.660. The van der Waals surface area contributed by atoms with Gasteiger partial charge in [0.05, 0.1) is 22.0 Å². The van der Waals surface area contributed by atoms with Crippen molar-refractivity contribution in [3.05, 3.63) is 306 Å². The Labute approximate surface area is 437 Å². The molecule has 0 atom stereocenters. The van der Waals surface area contributed by atoms with Crippen LogP contribution in [0.25, 0.3) is 77.5 Å². The quantitative estimate of drug-likeness (QED) is 0.148. The molecule has 2 aliphatic rings. The number of hydrogen-bond acceptors (Lipinski definition) is 1. The van der Waals surface area contributed by atoms with Crippen LogP contribution >= 0.6 is 0 Å². The van der Waals surface area contributed by atoms with Gasteiger partial charge in [0, 0.05) is 56.2 Å². The van der Waals surface area contributed by atoms with Gasteiger partial charge in [-0.05, 0) is 152 Å². The van der Waals surface area contributed by atoms with Gasteiger partial charge in [0.1, 0.15) is 0 Å². The Kier molecular flexibility index (Phi) is 9.52. The largest absolute Gasteiger partial charge is 0.316 e. The van der Waals surface area contributed by atoms with Crippen molar-refractivity contribution < 1.29 is 0 Å². The van der Waals surface area contributed by atoms with E-state index in [9.17, 15) is 0 Å². The zero-order valence-corrected chi connectivity index (χ0v) is 41.8. The zero-order valence-electron chi connectivity index (χ0n) is 41.8. The van der Waals surface area contributed by atoms with Crippen molar-refractivity contribution in [2.45, 2.75) is 24.7 Å². The van der Waals surface area contributed by atoms with Gasteiger partial charge in [-0.2, -0.15) is 0 Å². The summed E-state index contributed by atoms with van der Waals surface area (Å²) in [6.45, 7) is 4.75. The molecule has 0 unspecified atom stereocenters. The van der Waals surface area contributed by atoms with Crippen LogP contribution in [-0.2, 0) is 10.8 Å². The van der Waals surface area contributed by atoms with Crippen LogP contribution in [0.4, 0.5) is 17.1 Å². The summed E-state index contributed by atoms with van der Waals surface area (Å²) in [5, 5.41) is 3.69. The summed E-state index contributed by atoms with van der Waals surface area (Å²) in [5.41, 5.74) is 23.9. The van der Waals surface area contributed by atoms with Gasteiger partial charge < -0.3 is 14.0 Å². The molecule has 0 saturated heterocycles. The molecule has 15 rings (SSSR count). The van der Waals surface area contributed by atoms with Crippen LogP contribution in [0.5, 0.6) is 0 Å². The third-order valence-corrected chi connectivity index (χ3v) is 16.6. The lowest BCUT2D eigenvalue weighted by Gasteiger charge is -2.35. The summed E-state index contributed by atoms with van der Waals surface area (Å²) in [7, 11) is 0. The molecule has 0 fully saturated rings. The minimum atomic E-state index is -0.526. The average molecular weight is 958 g/mol. The molecule has 2 aromatic heterocycles. The molecular weight excluding hydrogens is 907 g/mol. The van der Waals surface area contributed by atoms with Crippen LogP contribution in [0.3, 0.4) is 0 Å². The maximum Gasteiger partial charge on any atom is 0.0714 e. The van der Waals surface area contributed by atoms with Gasteiger partial charge in [0.25, 0.3) is 0 Å². The maximum atomic E-state index is 2.48. The summed E-state index contributed by atoms with van der Waals surface area (Å²) in [5.74, 6) is 0. The van der Waals surface area contributed by atoms with Gasteiger partial charge in [-0.1, -0.05) is 196 Å². The lowest BCUT2D eigenvalue weighted by atomic mass is 9.67. The number of aromatic nitrogens is 2. The second-order valence-corrected chi connectivity index (χ2v) is 20.9. The highest BCUT2D eigenvalue weighted by atomic mass is 15.1. The predicted octanol–water partition coefficient (Wildman–Crippen LogP) is 18.5. The summed E-state index contributed by atoms with van der Waals surface area (Å²) >= 11 is 0. The first-order valence-corrected chi connectivity index (χ1v) is 26.2. The third kappa shape index (κ3) is 6.34. The van der Waals surface area contributed by atoms with Crippen molar-refractivity contribution in [2.75, 3.05) is 4.90 Å². The fourth-order valence-electron chi connectivity index (χ4n) is 13.2.